The maximum atomic E-state index is 12.1. The molecule has 2 aromatic rings. The van der Waals surface area contributed by atoms with Gasteiger partial charge in [0.25, 0.3) is 5.69 Å². The first-order valence-electron chi connectivity index (χ1n) is 9.17. The molecule has 0 aliphatic carbocycles. The van der Waals surface area contributed by atoms with E-state index in [1.807, 2.05) is 32.0 Å². The molecule has 0 aliphatic rings. The Morgan fingerprint density at radius 3 is 2.38 bits per heavy atom. The minimum atomic E-state index is -0.554. The van der Waals surface area contributed by atoms with Crippen molar-refractivity contribution in [2.24, 2.45) is 0 Å². The lowest BCUT2D eigenvalue weighted by molar-refractivity contribution is -0.384. The summed E-state index contributed by atoms with van der Waals surface area (Å²) in [5, 5.41) is 13.5. The van der Waals surface area contributed by atoms with E-state index in [-0.39, 0.29) is 17.4 Å². The second kappa shape index (κ2) is 10.6. The minimum absolute atomic E-state index is 0.0112. The number of nitrogens with zero attached hydrogens (tertiary/aromatic N) is 1. The SMILES string of the molecule is CC(C)(CCCSC(=O)c1ccccc1)NC(=O)OCc1ccc([N+](=O)[O-])cc1. The highest BCUT2D eigenvalue weighted by molar-refractivity contribution is 8.14. The van der Waals surface area contributed by atoms with Gasteiger partial charge < -0.3 is 10.1 Å². The Morgan fingerprint density at radius 2 is 1.76 bits per heavy atom. The van der Waals surface area contributed by atoms with Crippen LogP contribution in [0.25, 0.3) is 0 Å². The van der Waals surface area contributed by atoms with Crippen LogP contribution in [0, 0.1) is 10.1 Å². The molecule has 8 heteroatoms. The summed E-state index contributed by atoms with van der Waals surface area (Å²) in [6, 6.07) is 15.0. The summed E-state index contributed by atoms with van der Waals surface area (Å²) in [7, 11) is 0. The summed E-state index contributed by atoms with van der Waals surface area (Å²) < 4.78 is 5.19. The predicted octanol–water partition coefficient (Wildman–Crippen LogP) is 4.95. The number of nitrogens with one attached hydrogen (secondary N) is 1. The number of rotatable bonds is 9. The molecule has 2 aromatic carbocycles. The Bertz CT molecular complexity index is 838. The van der Waals surface area contributed by atoms with Crippen molar-refractivity contribution in [3.05, 3.63) is 75.8 Å². The van der Waals surface area contributed by atoms with Crippen molar-refractivity contribution in [1.29, 1.82) is 0 Å². The van der Waals surface area contributed by atoms with Crippen LogP contribution < -0.4 is 5.32 Å². The van der Waals surface area contributed by atoms with Gasteiger partial charge in [-0.05, 0) is 44.4 Å². The van der Waals surface area contributed by atoms with E-state index in [1.165, 1.54) is 23.9 Å². The number of alkyl carbamates (subject to hydrolysis) is 1. The van der Waals surface area contributed by atoms with E-state index in [2.05, 4.69) is 5.32 Å². The van der Waals surface area contributed by atoms with Crippen LogP contribution in [-0.2, 0) is 11.3 Å². The maximum Gasteiger partial charge on any atom is 0.407 e. The van der Waals surface area contributed by atoms with Gasteiger partial charge in [0.05, 0.1) is 4.92 Å². The molecule has 0 heterocycles. The van der Waals surface area contributed by atoms with Gasteiger partial charge in [-0.25, -0.2) is 4.79 Å². The molecule has 7 nitrogen and oxygen atoms in total. The highest BCUT2D eigenvalue weighted by atomic mass is 32.2. The number of benzene rings is 2. The lowest BCUT2D eigenvalue weighted by Gasteiger charge is -2.25. The van der Waals surface area contributed by atoms with E-state index in [4.69, 9.17) is 4.74 Å². The number of nitro benzene ring substituents is 1. The van der Waals surface area contributed by atoms with Crippen LogP contribution in [0.1, 0.15) is 42.6 Å². The zero-order valence-electron chi connectivity index (χ0n) is 16.4. The van der Waals surface area contributed by atoms with E-state index < -0.39 is 16.6 Å². The van der Waals surface area contributed by atoms with Gasteiger partial charge in [0.2, 0.25) is 5.12 Å². The molecule has 0 saturated heterocycles. The van der Waals surface area contributed by atoms with Gasteiger partial charge in [0.15, 0.2) is 0 Å². The number of hydrogen-bond donors (Lipinski definition) is 1. The molecule has 1 amide bonds. The molecule has 0 aliphatic heterocycles. The van der Waals surface area contributed by atoms with Crippen LogP contribution in [0.2, 0.25) is 0 Å². The molecule has 0 radical (unpaired) electrons. The van der Waals surface area contributed by atoms with E-state index in [0.29, 0.717) is 23.3 Å². The fourth-order valence-corrected chi connectivity index (χ4v) is 3.35. The van der Waals surface area contributed by atoms with Crippen LogP contribution in [0.15, 0.2) is 54.6 Å². The molecule has 0 spiro atoms. The molecule has 0 bridgehead atoms. The zero-order valence-corrected chi connectivity index (χ0v) is 17.2. The van der Waals surface area contributed by atoms with Gasteiger partial charge >= 0.3 is 6.09 Å². The van der Waals surface area contributed by atoms with Crippen LogP contribution in [0.4, 0.5) is 10.5 Å². The number of carbonyl (C=O) groups is 2. The van der Waals surface area contributed by atoms with Gasteiger partial charge in [0, 0.05) is 29.0 Å². The first-order chi connectivity index (χ1) is 13.8. The molecule has 1 N–H and O–H groups in total. The minimum Gasteiger partial charge on any atom is -0.445 e. The fraction of sp³-hybridized carbons (Fsp3) is 0.333. The quantitative estimate of drug-likeness (QED) is 0.353. The van der Waals surface area contributed by atoms with Crippen molar-refractivity contribution in [2.75, 3.05) is 5.75 Å². The molecule has 29 heavy (non-hydrogen) atoms. The van der Waals surface area contributed by atoms with Gasteiger partial charge in [0.1, 0.15) is 6.61 Å². The molecular formula is C21H24N2O5S. The van der Waals surface area contributed by atoms with Crippen LogP contribution in [-0.4, -0.2) is 27.4 Å². The van der Waals surface area contributed by atoms with E-state index in [9.17, 15) is 19.7 Å². The third-order valence-electron chi connectivity index (χ3n) is 4.15. The summed E-state index contributed by atoms with van der Waals surface area (Å²) in [6.45, 7) is 3.81. The Hall–Kier alpha value is -2.87. The van der Waals surface area contributed by atoms with Crippen LogP contribution in [0.3, 0.4) is 0 Å². The van der Waals surface area contributed by atoms with Gasteiger partial charge in [-0.1, -0.05) is 42.1 Å². The van der Waals surface area contributed by atoms with Crippen LogP contribution in [0.5, 0.6) is 0 Å². The normalized spacial score (nSPS) is 11.0. The first kappa shape index (κ1) is 22.4. The molecule has 2 rings (SSSR count). The Kier molecular flexibility index (Phi) is 8.21. The topological polar surface area (TPSA) is 98.5 Å². The fourth-order valence-electron chi connectivity index (χ4n) is 2.57. The van der Waals surface area contributed by atoms with Gasteiger partial charge in [-0.15, -0.1) is 0 Å². The lowest BCUT2D eigenvalue weighted by atomic mass is 9.99. The van der Waals surface area contributed by atoms with Crippen molar-refractivity contribution in [2.45, 2.75) is 38.8 Å². The molecule has 0 atom stereocenters. The smallest absolute Gasteiger partial charge is 0.407 e. The van der Waals surface area contributed by atoms with Crippen molar-refractivity contribution < 1.29 is 19.2 Å². The van der Waals surface area contributed by atoms with Gasteiger partial charge in [-0.2, -0.15) is 0 Å². The number of ether oxygens (including phenoxy) is 1. The number of amides is 1. The molecule has 154 valence electrons. The summed E-state index contributed by atoms with van der Waals surface area (Å²) in [5.74, 6) is 0.663. The zero-order chi connectivity index (χ0) is 21.3. The maximum absolute atomic E-state index is 12.1. The molecule has 0 unspecified atom stereocenters. The Labute approximate surface area is 174 Å². The van der Waals surface area contributed by atoms with Crippen molar-refractivity contribution in [3.8, 4) is 0 Å². The number of thioether (sulfide) groups is 1. The number of nitro groups is 1. The Balaban J connectivity index is 1.69. The molecular weight excluding hydrogens is 392 g/mol. The van der Waals surface area contributed by atoms with Crippen LogP contribution >= 0.6 is 11.8 Å². The van der Waals surface area contributed by atoms with Crippen molar-refractivity contribution in [1.82, 2.24) is 5.32 Å². The highest BCUT2D eigenvalue weighted by Gasteiger charge is 2.21. The van der Waals surface area contributed by atoms with Crippen molar-refractivity contribution >= 4 is 28.7 Å². The standard InChI is InChI=1S/C21H24N2O5S/c1-21(2,13-6-14-29-19(24)17-7-4-3-5-8-17)22-20(25)28-15-16-9-11-18(12-10-16)23(26)27/h3-5,7-12H,6,13-15H2,1-2H3,(H,22,25). The first-order valence-corrected chi connectivity index (χ1v) is 10.2. The third kappa shape index (κ3) is 7.95. The van der Waals surface area contributed by atoms with Crippen molar-refractivity contribution in [3.63, 3.8) is 0 Å². The third-order valence-corrected chi connectivity index (χ3v) is 5.14. The number of carbonyl (C=O) groups excluding carboxylic acids is 2. The summed E-state index contributed by atoms with van der Waals surface area (Å²) in [4.78, 5) is 34.3. The summed E-state index contributed by atoms with van der Waals surface area (Å²) in [5.41, 5.74) is 0.857. The highest BCUT2D eigenvalue weighted by Crippen LogP contribution is 2.18. The molecule has 0 aromatic heterocycles. The number of non-ortho nitro benzene ring substituents is 1. The van der Waals surface area contributed by atoms with Gasteiger partial charge in [-0.3, -0.25) is 14.9 Å². The second-order valence-corrected chi connectivity index (χ2v) is 8.18. The predicted molar refractivity (Wildman–Crippen MR) is 113 cm³/mol. The monoisotopic (exact) mass is 416 g/mol. The summed E-state index contributed by atoms with van der Waals surface area (Å²) >= 11 is 1.27. The average Bonchev–Trinajstić information content (AvgIpc) is 2.70. The Morgan fingerprint density at radius 1 is 1.10 bits per heavy atom. The van der Waals surface area contributed by atoms with E-state index >= 15 is 0 Å². The average molecular weight is 416 g/mol. The molecule has 0 fully saturated rings. The second-order valence-electron chi connectivity index (χ2n) is 7.11. The van der Waals surface area contributed by atoms with E-state index in [0.717, 1.165) is 6.42 Å². The number of hydrogen-bond acceptors (Lipinski definition) is 6. The molecule has 0 saturated carbocycles. The van der Waals surface area contributed by atoms with E-state index in [1.54, 1.807) is 24.3 Å². The summed E-state index contributed by atoms with van der Waals surface area (Å²) in [6.07, 6.45) is 0.898. The lowest BCUT2D eigenvalue weighted by Crippen LogP contribution is -2.43. The largest absolute Gasteiger partial charge is 0.445 e.